The zero-order valence-corrected chi connectivity index (χ0v) is 13.0. The Bertz CT molecular complexity index is 221. The molecule has 0 unspecified atom stereocenters. The minimum atomic E-state index is -0.159. The maximum absolute atomic E-state index is 10.5. The van der Waals surface area contributed by atoms with Crippen molar-refractivity contribution in [1.29, 1.82) is 0 Å². The van der Waals surface area contributed by atoms with Gasteiger partial charge in [0.15, 0.2) is 0 Å². The van der Waals surface area contributed by atoms with E-state index in [0.29, 0.717) is 6.61 Å². The number of hydrogen-bond donors (Lipinski definition) is 0. The molecule has 0 aromatic rings. The van der Waals surface area contributed by atoms with E-state index in [-0.39, 0.29) is 5.97 Å². The fourth-order valence-electron chi connectivity index (χ4n) is 2.04. The van der Waals surface area contributed by atoms with Crippen molar-refractivity contribution in [2.24, 2.45) is 0 Å². The molecule has 2 nitrogen and oxygen atoms in total. The smallest absolute Gasteiger partial charge is 0.302 e. The maximum Gasteiger partial charge on any atom is 0.302 e. The summed E-state index contributed by atoms with van der Waals surface area (Å²) in [5.74, 6) is -0.159. The fraction of sp³-hybridized carbons (Fsp3) is 0.824. The predicted molar refractivity (Wildman–Crippen MR) is 82.2 cm³/mol. The molecule has 0 amide bonds. The van der Waals surface area contributed by atoms with Crippen molar-refractivity contribution < 1.29 is 9.53 Å². The Hall–Kier alpha value is -0.790. The van der Waals surface area contributed by atoms with Crippen LogP contribution in [0.1, 0.15) is 84.5 Å². The summed E-state index contributed by atoms with van der Waals surface area (Å²) in [5, 5.41) is 0. The van der Waals surface area contributed by atoms with Gasteiger partial charge in [0, 0.05) is 6.92 Å². The minimum Gasteiger partial charge on any atom is -0.466 e. The molecule has 0 bridgehead atoms. The zero-order valence-electron chi connectivity index (χ0n) is 13.0. The number of carbonyl (C=O) groups excluding carboxylic acids is 1. The van der Waals surface area contributed by atoms with Crippen molar-refractivity contribution in [3.8, 4) is 0 Å². The molecule has 19 heavy (non-hydrogen) atoms. The van der Waals surface area contributed by atoms with Gasteiger partial charge in [-0.15, -0.1) is 0 Å². The average Bonchev–Trinajstić information content (AvgIpc) is 2.39. The number of ether oxygens (including phenoxy) is 1. The number of rotatable bonds is 13. The lowest BCUT2D eigenvalue weighted by atomic mass is 10.1. The van der Waals surface area contributed by atoms with E-state index < -0.39 is 0 Å². The summed E-state index contributed by atoms with van der Waals surface area (Å²) in [4.78, 5) is 10.5. The average molecular weight is 268 g/mol. The van der Waals surface area contributed by atoms with Crippen molar-refractivity contribution in [2.75, 3.05) is 6.61 Å². The number of hydrogen-bond acceptors (Lipinski definition) is 2. The molecule has 0 heterocycles. The maximum atomic E-state index is 10.5. The van der Waals surface area contributed by atoms with Crippen molar-refractivity contribution in [2.45, 2.75) is 84.5 Å². The lowest BCUT2D eigenvalue weighted by Gasteiger charge is -2.02. The number of allylic oxidation sites excluding steroid dienone is 2. The van der Waals surface area contributed by atoms with Crippen LogP contribution in [-0.4, -0.2) is 12.6 Å². The van der Waals surface area contributed by atoms with Gasteiger partial charge in [0.05, 0.1) is 6.61 Å². The summed E-state index contributed by atoms with van der Waals surface area (Å²) in [7, 11) is 0. The van der Waals surface area contributed by atoms with Crippen molar-refractivity contribution >= 4 is 5.97 Å². The molecule has 0 aliphatic heterocycles. The van der Waals surface area contributed by atoms with Gasteiger partial charge in [-0.2, -0.15) is 0 Å². The normalized spacial score (nSPS) is 11.1. The van der Waals surface area contributed by atoms with Gasteiger partial charge in [-0.25, -0.2) is 0 Å². The van der Waals surface area contributed by atoms with E-state index in [9.17, 15) is 4.79 Å². The quantitative estimate of drug-likeness (QED) is 0.253. The summed E-state index contributed by atoms with van der Waals surface area (Å²) in [6.07, 6.45) is 18.6. The first-order chi connectivity index (χ1) is 9.27. The van der Waals surface area contributed by atoms with Crippen LogP contribution in [0.2, 0.25) is 0 Å². The Labute approximate surface area is 119 Å². The summed E-state index contributed by atoms with van der Waals surface area (Å²) in [6.45, 7) is 4.29. The van der Waals surface area contributed by atoms with Gasteiger partial charge in [-0.1, -0.05) is 64.0 Å². The number of esters is 1. The van der Waals surface area contributed by atoms with Gasteiger partial charge in [0.25, 0.3) is 0 Å². The van der Waals surface area contributed by atoms with Crippen LogP contribution in [0.15, 0.2) is 12.2 Å². The van der Waals surface area contributed by atoms with Gasteiger partial charge < -0.3 is 4.74 Å². The molecular weight excluding hydrogens is 236 g/mol. The third-order valence-corrected chi connectivity index (χ3v) is 3.19. The highest BCUT2D eigenvalue weighted by Crippen LogP contribution is 2.10. The van der Waals surface area contributed by atoms with Gasteiger partial charge in [0.1, 0.15) is 0 Å². The van der Waals surface area contributed by atoms with Crippen LogP contribution >= 0.6 is 0 Å². The molecule has 0 radical (unpaired) electrons. The molecule has 0 saturated carbocycles. The molecule has 0 aliphatic rings. The third-order valence-electron chi connectivity index (χ3n) is 3.19. The molecule has 0 fully saturated rings. The Balaban J connectivity index is 3.01. The molecule has 0 N–H and O–H groups in total. The standard InChI is InChI=1S/C17H32O2/c1-3-4-5-6-7-8-9-10-11-12-13-14-15-16-19-17(2)18/h5-6H,3-4,7-16H2,1-2H3/b6-5-. The zero-order chi connectivity index (χ0) is 14.2. The SMILES string of the molecule is CCC/C=C\CCCCCCCCCCOC(C)=O. The van der Waals surface area contributed by atoms with Crippen molar-refractivity contribution in [3.05, 3.63) is 12.2 Å². The largest absolute Gasteiger partial charge is 0.466 e. The van der Waals surface area contributed by atoms with E-state index in [2.05, 4.69) is 19.1 Å². The highest BCUT2D eigenvalue weighted by atomic mass is 16.5. The summed E-state index contributed by atoms with van der Waals surface area (Å²) in [5.41, 5.74) is 0. The summed E-state index contributed by atoms with van der Waals surface area (Å²) in [6, 6.07) is 0. The van der Waals surface area contributed by atoms with Gasteiger partial charge in [0.2, 0.25) is 0 Å². The van der Waals surface area contributed by atoms with E-state index in [0.717, 1.165) is 6.42 Å². The Morgan fingerprint density at radius 3 is 1.95 bits per heavy atom. The predicted octanol–water partition coefficient (Wildman–Crippen LogP) is 5.42. The van der Waals surface area contributed by atoms with E-state index in [1.807, 2.05) is 0 Å². The van der Waals surface area contributed by atoms with Crippen LogP contribution < -0.4 is 0 Å². The molecule has 0 atom stereocenters. The monoisotopic (exact) mass is 268 g/mol. The van der Waals surface area contributed by atoms with Crippen LogP contribution in [0.25, 0.3) is 0 Å². The second kappa shape index (κ2) is 15.3. The highest BCUT2D eigenvalue weighted by Gasteiger charge is 1.94. The van der Waals surface area contributed by atoms with Crippen LogP contribution in [0.5, 0.6) is 0 Å². The highest BCUT2D eigenvalue weighted by molar-refractivity contribution is 5.65. The van der Waals surface area contributed by atoms with Gasteiger partial charge in [-0.05, 0) is 25.7 Å². The van der Waals surface area contributed by atoms with E-state index >= 15 is 0 Å². The minimum absolute atomic E-state index is 0.159. The van der Waals surface area contributed by atoms with Crippen LogP contribution in [0.3, 0.4) is 0 Å². The van der Waals surface area contributed by atoms with E-state index in [1.165, 1.54) is 71.1 Å². The molecular formula is C17H32O2. The number of carbonyl (C=O) groups is 1. The van der Waals surface area contributed by atoms with Crippen LogP contribution in [0.4, 0.5) is 0 Å². The van der Waals surface area contributed by atoms with Crippen LogP contribution in [0, 0.1) is 0 Å². The van der Waals surface area contributed by atoms with E-state index in [1.54, 1.807) is 0 Å². The lowest BCUT2D eigenvalue weighted by Crippen LogP contribution is -2.00. The Morgan fingerprint density at radius 1 is 0.842 bits per heavy atom. The third kappa shape index (κ3) is 17.2. The molecule has 0 spiro atoms. The Kier molecular flexibility index (Phi) is 14.6. The van der Waals surface area contributed by atoms with E-state index in [4.69, 9.17) is 4.74 Å². The second-order valence-corrected chi connectivity index (χ2v) is 5.22. The molecule has 0 rings (SSSR count). The van der Waals surface area contributed by atoms with Gasteiger partial charge in [-0.3, -0.25) is 4.79 Å². The van der Waals surface area contributed by atoms with Gasteiger partial charge >= 0.3 is 5.97 Å². The fourth-order valence-corrected chi connectivity index (χ4v) is 2.04. The topological polar surface area (TPSA) is 26.3 Å². The number of unbranched alkanes of at least 4 members (excludes halogenated alkanes) is 9. The first-order valence-corrected chi connectivity index (χ1v) is 8.05. The first-order valence-electron chi connectivity index (χ1n) is 8.05. The summed E-state index contributed by atoms with van der Waals surface area (Å²) < 4.78 is 4.90. The second-order valence-electron chi connectivity index (χ2n) is 5.22. The summed E-state index contributed by atoms with van der Waals surface area (Å²) >= 11 is 0. The molecule has 112 valence electrons. The molecule has 0 aromatic carbocycles. The lowest BCUT2D eigenvalue weighted by molar-refractivity contribution is -0.141. The van der Waals surface area contributed by atoms with Crippen molar-refractivity contribution in [1.82, 2.24) is 0 Å². The first kappa shape index (κ1) is 18.2. The molecule has 0 aromatic heterocycles. The molecule has 0 aliphatic carbocycles. The molecule has 2 heteroatoms. The van der Waals surface area contributed by atoms with Crippen molar-refractivity contribution in [3.63, 3.8) is 0 Å². The Morgan fingerprint density at radius 2 is 1.37 bits per heavy atom. The van der Waals surface area contributed by atoms with Crippen LogP contribution in [-0.2, 0) is 9.53 Å². The molecule has 0 saturated heterocycles.